The van der Waals surface area contributed by atoms with E-state index in [1.165, 1.54) is 16.7 Å². The predicted octanol–water partition coefficient (Wildman–Crippen LogP) is 3.53. The van der Waals surface area contributed by atoms with Crippen LogP contribution in [0.1, 0.15) is 35.2 Å². The van der Waals surface area contributed by atoms with Crippen LogP contribution in [-0.4, -0.2) is 18.3 Å². The van der Waals surface area contributed by atoms with Crippen molar-refractivity contribution < 1.29 is 9.84 Å². The van der Waals surface area contributed by atoms with Crippen molar-refractivity contribution in [2.45, 2.75) is 33.4 Å². The number of aryl methyl sites for hydroxylation is 2. The lowest BCUT2D eigenvalue weighted by Gasteiger charge is -2.18. The van der Waals surface area contributed by atoms with Gasteiger partial charge in [0.05, 0.1) is 6.61 Å². The lowest BCUT2D eigenvalue weighted by molar-refractivity contribution is 0.200. The predicted molar refractivity (Wildman–Crippen MR) is 90.2 cm³/mol. The van der Waals surface area contributed by atoms with Crippen LogP contribution >= 0.6 is 0 Å². The van der Waals surface area contributed by atoms with E-state index in [4.69, 9.17) is 9.84 Å². The van der Waals surface area contributed by atoms with E-state index in [2.05, 4.69) is 50.4 Å². The van der Waals surface area contributed by atoms with E-state index < -0.39 is 0 Å². The van der Waals surface area contributed by atoms with Crippen LogP contribution in [0.5, 0.6) is 5.75 Å². The molecule has 0 aliphatic rings. The molecule has 118 valence electrons. The van der Waals surface area contributed by atoms with Gasteiger partial charge < -0.3 is 15.2 Å². The highest BCUT2D eigenvalue weighted by molar-refractivity contribution is 5.35. The summed E-state index contributed by atoms with van der Waals surface area (Å²) >= 11 is 0. The minimum atomic E-state index is 0.0284. The highest BCUT2D eigenvalue weighted by atomic mass is 16.5. The van der Waals surface area contributed by atoms with Crippen LogP contribution in [-0.2, 0) is 6.54 Å². The Hall–Kier alpha value is -1.84. The van der Waals surface area contributed by atoms with Gasteiger partial charge in [0.15, 0.2) is 0 Å². The van der Waals surface area contributed by atoms with Gasteiger partial charge in [-0.2, -0.15) is 0 Å². The average Bonchev–Trinajstić information content (AvgIpc) is 2.53. The summed E-state index contributed by atoms with van der Waals surface area (Å²) in [6, 6.07) is 14.8. The molecule has 0 saturated heterocycles. The largest absolute Gasteiger partial charge is 0.491 e. The molecule has 0 radical (unpaired) electrons. The zero-order valence-corrected chi connectivity index (χ0v) is 13.6. The minimum Gasteiger partial charge on any atom is -0.491 e. The number of ether oxygens (including phenoxy) is 1. The fourth-order valence-corrected chi connectivity index (χ4v) is 2.55. The number of aliphatic hydroxyl groups is 1. The zero-order valence-electron chi connectivity index (χ0n) is 13.6. The van der Waals surface area contributed by atoms with Gasteiger partial charge in [-0.1, -0.05) is 42.0 Å². The number of para-hydroxylation sites is 1. The Morgan fingerprint density at radius 3 is 2.68 bits per heavy atom. The van der Waals surface area contributed by atoms with Gasteiger partial charge in [0, 0.05) is 18.2 Å². The van der Waals surface area contributed by atoms with E-state index in [9.17, 15) is 0 Å². The van der Waals surface area contributed by atoms with Crippen LogP contribution in [0, 0.1) is 13.8 Å². The first-order valence-corrected chi connectivity index (χ1v) is 7.74. The molecule has 22 heavy (non-hydrogen) atoms. The van der Waals surface area contributed by atoms with Crippen LogP contribution in [0.15, 0.2) is 42.5 Å². The van der Waals surface area contributed by atoms with Gasteiger partial charge >= 0.3 is 0 Å². The molecule has 2 aromatic rings. The summed E-state index contributed by atoms with van der Waals surface area (Å²) in [6.45, 7) is 7.53. The fourth-order valence-electron chi connectivity index (χ4n) is 2.55. The molecule has 2 rings (SSSR count). The molecule has 0 aromatic heterocycles. The summed E-state index contributed by atoms with van der Waals surface area (Å²) in [4.78, 5) is 0. The van der Waals surface area contributed by atoms with Crippen LogP contribution in [0.25, 0.3) is 0 Å². The summed E-state index contributed by atoms with van der Waals surface area (Å²) in [5, 5.41) is 12.5. The Kier molecular flexibility index (Phi) is 5.99. The van der Waals surface area contributed by atoms with Crippen molar-refractivity contribution >= 4 is 0 Å². The normalized spacial score (nSPS) is 12.2. The van der Waals surface area contributed by atoms with Gasteiger partial charge in [-0.05, 0) is 38.0 Å². The van der Waals surface area contributed by atoms with Crippen LogP contribution < -0.4 is 10.1 Å². The molecule has 2 N–H and O–H groups in total. The summed E-state index contributed by atoms with van der Waals surface area (Å²) < 4.78 is 5.58. The van der Waals surface area contributed by atoms with E-state index in [1.807, 2.05) is 18.2 Å². The molecule has 0 spiro atoms. The van der Waals surface area contributed by atoms with E-state index in [1.54, 1.807) is 0 Å². The smallest absolute Gasteiger partial charge is 0.123 e. The maximum atomic E-state index is 8.90. The van der Waals surface area contributed by atoms with Crippen molar-refractivity contribution in [3.05, 3.63) is 64.7 Å². The van der Waals surface area contributed by atoms with Crippen molar-refractivity contribution in [1.82, 2.24) is 5.32 Å². The molecule has 0 aliphatic carbocycles. The van der Waals surface area contributed by atoms with Crippen LogP contribution in [0.3, 0.4) is 0 Å². The maximum absolute atomic E-state index is 8.90. The van der Waals surface area contributed by atoms with Gasteiger partial charge in [0.25, 0.3) is 0 Å². The molecule has 1 atom stereocenters. The Bertz CT molecular complexity index is 610. The quantitative estimate of drug-likeness (QED) is 0.822. The molecule has 3 nitrogen and oxygen atoms in total. The molecule has 0 amide bonds. The zero-order chi connectivity index (χ0) is 15.9. The Labute approximate surface area is 133 Å². The van der Waals surface area contributed by atoms with Crippen molar-refractivity contribution in [3.8, 4) is 5.75 Å². The molecular weight excluding hydrogens is 274 g/mol. The lowest BCUT2D eigenvalue weighted by Crippen LogP contribution is -2.19. The van der Waals surface area contributed by atoms with Crippen molar-refractivity contribution in [2.24, 2.45) is 0 Å². The van der Waals surface area contributed by atoms with Crippen LogP contribution in [0.4, 0.5) is 0 Å². The second-order valence-electron chi connectivity index (χ2n) is 5.64. The minimum absolute atomic E-state index is 0.0284. The fraction of sp³-hybridized carbons (Fsp3) is 0.368. The molecule has 2 aromatic carbocycles. The Morgan fingerprint density at radius 1 is 1.14 bits per heavy atom. The van der Waals surface area contributed by atoms with Gasteiger partial charge in [-0.3, -0.25) is 0 Å². The number of benzene rings is 2. The number of rotatable bonds is 7. The standard InChI is InChI=1S/C19H25NO2/c1-14-8-9-15(2)18(12-14)16(3)20-13-17-6-4-5-7-19(17)22-11-10-21/h4-9,12,16,20-21H,10-11,13H2,1-3H3. The number of hydrogen-bond acceptors (Lipinski definition) is 3. The van der Waals surface area contributed by atoms with Crippen molar-refractivity contribution in [3.63, 3.8) is 0 Å². The third kappa shape index (κ3) is 4.33. The SMILES string of the molecule is Cc1ccc(C)c(C(C)NCc2ccccc2OCCO)c1. The first-order chi connectivity index (χ1) is 10.6. The van der Waals surface area contributed by atoms with E-state index >= 15 is 0 Å². The molecule has 3 heteroatoms. The molecule has 0 bridgehead atoms. The Balaban J connectivity index is 2.05. The summed E-state index contributed by atoms with van der Waals surface area (Å²) in [5.74, 6) is 0.831. The number of nitrogens with one attached hydrogen (secondary N) is 1. The number of hydrogen-bond donors (Lipinski definition) is 2. The van der Waals surface area contributed by atoms with E-state index in [0.717, 1.165) is 17.9 Å². The average molecular weight is 299 g/mol. The summed E-state index contributed by atoms with van der Waals surface area (Å²) in [6.07, 6.45) is 0. The first-order valence-electron chi connectivity index (χ1n) is 7.74. The van der Waals surface area contributed by atoms with Gasteiger partial charge in [-0.25, -0.2) is 0 Å². The third-order valence-electron chi connectivity index (χ3n) is 3.82. The topological polar surface area (TPSA) is 41.5 Å². The third-order valence-corrected chi connectivity index (χ3v) is 3.82. The highest BCUT2D eigenvalue weighted by Crippen LogP contribution is 2.22. The maximum Gasteiger partial charge on any atom is 0.123 e. The monoisotopic (exact) mass is 299 g/mol. The first kappa shape index (κ1) is 16.5. The van der Waals surface area contributed by atoms with Crippen LogP contribution in [0.2, 0.25) is 0 Å². The molecule has 0 aliphatic heterocycles. The van der Waals surface area contributed by atoms with Crippen molar-refractivity contribution in [1.29, 1.82) is 0 Å². The second kappa shape index (κ2) is 7.97. The molecule has 0 saturated carbocycles. The van der Waals surface area contributed by atoms with E-state index in [0.29, 0.717) is 6.61 Å². The summed E-state index contributed by atoms with van der Waals surface area (Å²) in [7, 11) is 0. The van der Waals surface area contributed by atoms with Crippen molar-refractivity contribution in [2.75, 3.05) is 13.2 Å². The van der Waals surface area contributed by atoms with Gasteiger partial charge in [-0.15, -0.1) is 0 Å². The van der Waals surface area contributed by atoms with Gasteiger partial charge in [0.1, 0.15) is 12.4 Å². The summed E-state index contributed by atoms with van der Waals surface area (Å²) in [5.41, 5.74) is 5.01. The Morgan fingerprint density at radius 2 is 1.91 bits per heavy atom. The molecule has 0 fully saturated rings. The molecular formula is C19H25NO2. The molecule has 1 unspecified atom stereocenters. The molecule has 0 heterocycles. The lowest BCUT2D eigenvalue weighted by atomic mass is 10.00. The van der Waals surface area contributed by atoms with E-state index in [-0.39, 0.29) is 12.6 Å². The highest BCUT2D eigenvalue weighted by Gasteiger charge is 2.10. The van der Waals surface area contributed by atoms with Gasteiger partial charge in [0.2, 0.25) is 0 Å². The second-order valence-corrected chi connectivity index (χ2v) is 5.64. The number of aliphatic hydroxyl groups excluding tert-OH is 1.